The van der Waals surface area contributed by atoms with Crippen LogP contribution in [0.15, 0.2) is 24.5 Å². The minimum atomic E-state index is -0.439. The van der Waals surface area contributed by atoms with Gasteiger partial charge in [-0.05, 0) is 32.1 Å². The molecule has 1 atom stereocenters. The number of aromatic nitrogens is 2. The van der Waals surface area contributed by atoms with E-state index in [-0.39, 0.29) is 12.4 Å². The maximum Gasteiger partial charge on any atom is 0.256 e. The van der Waals surface area contributed by atoms with Crippen LogP contribution >= 0.6 is 0 Å². The van der Waals surface area contributed by atoms with Crippen LogP contribution in [0.5, 0.6) is 0 Å². The van der Waals surface area contributed by atoms with E-state index in [1.807, 2.05) is 17.0 Å². The third-order valence-corrected chi connectivity index (χ3v) is 5.12. The van der Waals surface area contributed by atoms with Crippen molar-refractivity contribution >= 4 is 0 Å². The number of aromatic amines is 1. The predicted octanol–water partition coefficient (Wildman–Crippen LogP) is 3.40. The van der Waals surface area contributed by atoms with Crippen molar-refractivity contribution in [3.63, 3.8) is 0 Å². The summed E-state index contributed by atoms with van der Waals surface area (Å²) in [6.45, 7) is 4.08. The van der Waals surface area contributed by atoms with Gasteiger partial charge in [0.2, 0.25) is 0 Å². The number of rotatable bonds is 17. The molecular weight excluding hydrogens is 356 g/mol. The zero-order valence-electron chi connectivity index (χ0n) is 17.8. The SMILES string of the molecule is CCCCCCCC/C=C\CCCCCCCCc1[nH]cc[n+]1C(C)O.[Cl-]. The molecular formula is C23H43ClN2O. The molecule has 4 heteroatoms. The molecule has 0 saturated carbocycles. The van der Waals surface area contributed by atoms with Gasteiger partial charge in [-0.1, -0.05) is 76.9 Å². The third kappa shape index (κ3) is 13.9. The van der Waals surface area contributed by atoms with Crippen LogP contribution < -0.4 is 17.0 Å². The molecule has 1 aromatic heterocycles. The standard InChI is InChI=1S/C23H42N2O.ClH/c1-3-4-5-6-7-8-9-10-11-12-13-14-15-16-17-18-19-23-24-20-21-25(23)22(2)26;/h10-11,20-22,26H,3-9,12-19H2,1-2H3;1H/b11-10-;. The highest BCUT2D eigenvalue weighted by atomic mass is 35.5. The number of halogens is 1. The molecule has 158 valence electrons. The van der Waals surface area contributed by atoms with Gasteiger partial charge < -0.3 is 17.5 Å². The highest BCUT2D eigenvalue weighted by molar-refractivity contribution is 4.81. The topological polar surface area (TPSA) is 39.9 Å². The summed E-state index contributed by atoms with van der Waals surface area (Å²) in [6, 6.07) is 0. The van der Waals surface area contributed by atoms with E-state index in [9.17, 15) is 5.11 Å². The summed E-state index contributed by atoms with van der Waals surface area (Å²) in [5.74, 6) is 1.13. The Morgan fingerprint density at radius 1 is 0.889 bits per heavy atom. The van der Waals surface area contributed by atoms with Crippen LogP contribution in [0, 0.1) is 0 Å². The summed E-state index contributed by atoms with van der Waals surface area (Å²) >= 11 is 0. The molecule has 1 heterocycles. The Morgan fingerprint density at radius 2 is 1.41 bits per heavy atom. The van der Waals surface area contributed by atoms with Gasteiger partial charge in [0, 0.05) is 13.3 Å². The molecule has 0 saturated heterocycles. The van der Waals surface area contributed by atoms with Gasteiger partial charge in [0.1, 0.15) is 12.4 Å². The van der Waals surface area contributed by atoms with Crippen LogP contribution in [0.1, 0.15) is 116 Å². The van der Waals surface area contributed by atoms with Crippen LogP contribution in [-0.2, 0) is 6.42 Å². The van der Waals surface area contributed by atoms with Crippen LogP contribution in [0.3, 0.4) is 0 Å². The van der Waals surface area contributed by atoms with Crippen molar-refractivity contribution in [2.45, 2.75) is 116 Å². The van der Waals surface area contributed by atoms with E-state index in [2.05, 4.69) is 24.1 Å². The molecule has 0 spiro atoms. The number of hydrogen-bond acceptors (Lipinski definition) is 1. The summed E-state index contributed by atoms with van der Waals surface area (Å²) in [5.41, 5.74) is 0. The number of aliphatic hydroxyl groups excluding tert-OH is 1. The molecule has 3 nitrogen and oxygen atoms in total. The van der Waals surface area contributed by atoms with E-state index >= 15 is 0 Å². The van der Waals surface area contributed by atoms with E-state index < -0.39 is 6.23 Å². The van der Waals surface area contributed by atoms with Crippen LogP contribution in [0.25, 0.3) is 0 Å². The van der Waals surface area contributed by atoms with Crippen molar-refractivity contribution in [1.29, 1.82) is 0 Å². The summed E-state index contributed by atoms with van der Waals surface area (Å²) in [4.78, 5) is 3.23. The summed E-state index contributed by atoms with van der Waals surface area (Å²) in [7, 11) is 0. The quantitative estimate of drug-likeness (QED) is 0.235. The highest BCUT2D eigenvalue weighted by Gasteiger charge is 2.13. The number of hydrogen-bond donors (Lipinski definition) is 2. The number of nitrogens with one attached hydrogen (secondary N) is 1. The molecule has 1 unspecified atom stereocenters. The van der Waals surface area contributed by atoms with Gasteiger partial charge in [-0.15, -0.1) is 0 Å². The Labute approximate surface area is 174 Å². The second-order valence-corrected chi connectivity index (χ2v) is 7.63. The fourth-order valence-electron chi connectivity index (χ4n) is 3.47. The lowest BCUT2D eigenvalue weighted by molar-refractivity contribution is -0.760. The first-order valence-electron chi connectivity index (χ1n) is 11.2. The Balaban J connectivity index is 0.00000676. The molecule has 2 N–H and O–H groups in total. The summed E-state index contributed by atoms with van der Waals surface area (Å²) < 4.78 is 1.91. The van der Waals surface area contributed by atoms with E-state index in [0.29, 0.717) is 0 Å². The van der Waals surface area contributed by atoms with Gasteiger partial charge in [0.05, 0.1) is 0 Å². The Morgan fingerprint density at radius 3 is 1.96 bits per heavy atom. The Hall–Kier alpha value is -0.800. The molecule has 0 fully saturated rings. The van der Waals surface area contributed by atoms with Crippen LogP contribution in [0.4, 0.5) is 0 Å². The first-order chi connectivity index (χ1) is 12.8. The van der Waals surface area contributed by atoms with Gasteiger partial charge in [-0.3, -0.25) is 0 Å². The number of imidazole rings is 1. The fourth-order valence-corrected chi connectivity index (χ4v) is 3.47. The van der Waals surface area contributed by atoms with Gasteiger partial charge in [0.15, 0.2) is 6.23 Å². The van der Waals surface area contributed by atoms with Crippen molar-refractivity contribution in [2.75, 3.05) is 0 Å². The molecule has 0 amide bonds. The average molecular weight is 399 g/mol. The molecule has 0 aliphatic heterocycles. The molecule has 1 rings (SSSR count). The van der Waals surface area contributed by atoms with Gasteiger partial charge in [-0.25, -0.2) is 9.55 Å². The molecule has 27 heavy (non-hydrogen) atoms. The number of H-pyrrole nitrogens is 1. The number of aliphatic hydroxyl groups is 1. The van der Waals surface area contributed by atoms with Gasteiger partial charge in [0.25, 0.3) is 5.82 Å². The number of nitrogens with zero attached hydrogens (tertiary/aromatic N) is 1. The second kappa shape index (κ2) is 18.6. The van der Waals surface area contributed by atoms with Crippen LogP contribution in [-0.4, -0.2) is 10.1 Å². The van der Waals surface area contributed by atoms with E-state index in [1.54, 1.807) is 6.92 Å². The molecule has 0 radical (unpaired) electrons. The number of allylic oxidation sites excluding steroid dienone is 2. The Bertz CT molecular complexity index is 457. The monoisotopic (exact) mass is 398 g/mol. The normalized spacial score (nSPS) is 12.4. The lowest BCUT2D eigenvalue weighted by Crippen LogP contribution is -3.00. The van der Waals surface area contributed by atoms with Crippen molar-refractivity contribution < 1.29 is 22.1 Å². The minimum Gasteiger partial charge on any atom is -1.00 e. The largest absolute Gasteiger partial charge is 1.00 e. The Kier molecular flexibility index (Phi) is 18.0. The minimum absolute atomic E-state index is 0. The molecule has 0 aromatic carbocycles. The van der Waals surface area contributed by atoms with Crippen molar-refractivity contribution in [2.24, 2.45) is 0 Å². The fraction of sp³-hybridized carbons (Fsp3) is 0.783. The smallest absolute Gasteiger partial charge is 0.256 e. The maximum absolute atomic E-state index is 9.67. The summed E-state index contributed by atoms with van der Waals surface area (Å²) in [5, 5.41) is 9.67. The summed E-state index contributed by atoms with van der Waals surface area (Å²) in [6.07, 6.45) is 28.0. The van der Waals surface area contributed by atoms with E-state index in [1.165, 1.54) is 89.9 Å². The molecule has 0 aliphatic rings. The zero-order chi connectivity index (χ0) is 18.9. The lowest BCUT2D eigenvalue weighted by Gasteiger charge is -2.03. The van der Waals surface area contributed by atoms with E-state index in [0.717, 1.165) is 12.2 Å². The molecule has 0 aliphatic carbocycles. The number of aryl methyl sites for hydroxylation is 1. The first kappa shape index (κ1) is 26.2. The third-order valence-electron chi connectivity index (χ3n) is 5.12. The van der Waals surface area contributed by atoms with Crippen molar-refractivity contribution in [3.8, 4) is 0 Å². The van der Waals surface area contributed by atoms with Crippen LogP contribution in [0.2, 0.25) is 0 Å². The molecule has 0 bridgehead atoms. The molecule has 1 aromatic rings. The highest BCUT2D eigenvalue weighted by Crippen LogP contribution is 2.11. The first-order valence-corrected chi connectivity index (χ1v) is 11.2. The predicted molar refractivity (Wildman–Crippen MR) is 111 cm³/mol. The zero-order valence-corrected chi connectivity index (χ0v) is 18.5. The maximum atomic E-state index is 9.67. The van der Waals surface area contributed by atoms with Gasteiger partial charge >= 0.3 is 0 Å². The second-order valence-electron chi connectivity index (χ2n) is 7.63. The number of unbranched alkanes of at least 4 members (excludes halogenated alkanes) is 12. The van der Waals surface area contributed by atoms with Crippen molar-refractivity contribution in [1.82, 2.24) is 4.98 Å². The van der Waals surface area contributed by atoms with E-state index in [4.69, 9.17) is 0 Å². The lowest BCUT2D eigenvalue weighted by atomic mass is 10.1. The average Bonchev–Trinajstić information content (AvgIpc) is 3.10. The van der Waals surface area contributed by atoms with Crippen molar-refractivity contribution in [3.05, 3.63) is 30.4 Å². The van der Waals surface area contributed by atoms with Gasteiger partial charge in [-0.2, -0.15) is 0 Å².